The number of nitrogens with zero attached hydrogens (tertiary/aromatic N) is 1. The predicted molar refractivity (Wildman–Crippen MR) is 70.4 cm³/mol. The second-order valence-electron chi connectivity index (χ2n) is 4.64. The molecular weight excluding hydrogens is 268 g/mol. The summed E-state index contributed by atoms with van der Waals surface area (Å²) in [4.78, 5) is 34.6. The molecule has 0 bridgehead atoms. The third kappa shape index (κ3) is 6.93. The van der Waals surface area contributed by atoms with Gasteiger partial charge in [-0.15, -0.1) is 0 Å². The molecule has 0 aliphatic heterocycles. The number of carbonyl (C=O) groups excluding carboxylic acids is 1. The highest BCUT2D eigenvalue weighted by Crippen LogP contribution is 2.04. The first kappa shape index (κ1) is 18.2. The summed E-state index contributed by atoms with van der Waals surface area (Å²) in [6.45, 7) is 3.37. The maximum atomic E-state index is 11.9. The van der Waals surface area contributed by atoms with E-state index in [1.807, 2.05) is 0 Å². The number of amides is 2. The van der Waals surface area contributed by atoms with Gasteiger partial charge in [0.25, 0.3) is 0 Å². The Kier molecular flexibility index (Phi) is 8.30. The van der Waals surface area contributed by atoms with Crippen molar-refractivity contribution in [1.82, 2.24) is 10.2 Å². The smallest absolute Gasteiger partial charge is 0.326 e. The van der Waals surface area contributed by atoms with Crippen LogP contribution in [-0.4, -0.2) is 63.4 Å². The summed E-state index contributed by atoms with van der Waals surface area (Å²) in [5.74, 6) is -2.22. The van der Waals surface area contributed by atoms with Gasteiger partial charge in [-0.05, 0) is 26.7 Å². The van der Waals surface area contributed by atoms with Gasteiger partial charge in [-0.25, -0.2) is 9.59 Å². The number of hydrogen-bond acceptors (Lipinski definition) is 4. The Morgan fingerprint density at radius 2 is 1.80 bits per heavy atom. The Bertz CT molecular complexity index is 345. The molecule has 0 saturated carbocycles. The third-order valence-corrected chi connectivity index (χ3v) is 2.70. The first-order chi connectivity index (χ1) is 9.29. The summed E-state index contributed by atoms with van der Waals surface area (Å²) in [6.07, 6.45) is 0.0525. The highest BCUT2D eigenvalue weighted by Gasteiger charge is 2.24. The van der Waals surface area contributed by atoms with Crippen molar-refractivity contribution in [3.8, 4) is 0 Å². The van der Waals surface area contributed by atoms with Crippen molar-refractivity contribution < 1.29 is 29.7 Å². The monoisotopic (exact) mass is 290 g/mol. The average molecular weight is 290 g/mol. The zero-order valence-corrected chi connectivity index (χ0v) is 11.7. The summed E-state index contributed by atoms with van der Waals surface area (Å²) in [6, 6.07) is -1.91. The van der Waals surface area contributed by atoms with Crippen LogP contribution >= 0.6 is 0 Å². The van der Waals surface area contributed by atoms with E-state index in [0.717, 1.165) is 0 Å². The fourth-order valence-electron chi connectivity index (χ4n) is 1.65. The van der Waals surface area contributed by atoms with Crippen molar-refractivity contribution in [2.24, 2.45) is 0 Å². The molecule has 2 amide bonds. The van der Waals surface area contributed by atoms with E-state index in [2.05, 4.69) is 5.32 Å². The topological polar surface area (TPSA) is 127 Å². The van der Waals surface area contributed by atoms with Crippen molar-refractivity contribution in [3.05, 3.63) is 0 Å². The summed E-state index contributed by atoms with van der Waals surface area (Å²) < 4.78 is 0. The van der Waals surface area contributed by atoms with E-state index in [4.69, 9.17) is 15.3 Å². The SMILES string of the molecule is CC(C)N(CCO)C(=O)N[C@H](CCCC(=O)O)C(=O)O. The Morgan fingerprint density at radius 1 is 1.20 bits per heavy atom. The molecule has 0 fully saturated rings. The number of carboxylic acids is 2. The number of carbonyl (C=O) groups is 3. The summed E-state index contributed by atoms with van der Waals surface area (Å²) in [5, 5.41) is 28.7. The molecule has 1 atom stereocenters. The van der Waals surface area contributed by atoms with Crippen molar-refractivity contribution in [2.45, 2.75) is 45.2 Å². The molecule has 0 rings (SSSR count). The Labute approximate surface area is 117 Å². The van der Waals surface area contributed by atoms with E-state index in [1.165, 1.54) is 4.90 Å². The minimum absolute atomic E-state index is 0.0401. The van der Waals surface area contributed by atoms with Gasteiger partial charge in [0.1, 0.15) is 6.04 Å². The summed E-state index contributed by atoms with van der Waals surface area (Å²) in [5.41, 5.74) is 0. The number of aliphatic hydroxyl groups is 1. The molecule has 0 aromatic carbocycles. The lowest BCUT2D eigenvalue weighted by molar-refractivity contribution is -0.140. The van der Waals surface area contributed by atoms with Crippen molar-refractivity contribution >= 4 is 18.0 Å². The second-order valence-corrected chi connectivity index (χ2v) is 4.64. The number of aliphatic hydroxyl groups excluding tert-OH is 1. The van der Waals surface area contributed by atoms with Gasteiger partial charge in [0, 0.05) is 19.0 Å². The molecular formula is C12H22N2O6. The molecule has 0 radical (unpaired) electrons. The minimum atomic E-state index is -1.21. The van der Waals surface area contributed by atoms with E-state index in [1.54, 1.807) is 13.8 Å². The van der Waals surface area contributed by atoms with Crippen molar-refractivity contribution in [1.29, 1.82) is 0 Å². The Balaban J connectivity index is 4.52. The lowest BCUT2D eigenvalue weighted by Gasteiger charge is -2.27. The fourth-order valence-corrected chi connectivity index (χ4v) is 1.65. The highest BCUT2D eigenvalue weighted by atomic mass is 16.4. The number of nitrogens with one attached hydrogen (secondary N) is 1. The number of hydrogen-bond donors (Lipinski definition) is 4. The van der Waals surface area contributed by atoms with Gasteiger partial charge in [-0.1, -0.05) is 0 Å². The molecule has 0 saturated heterocycles. The van der Waals surface area contributed by atoms with Crippen LogP contribution < -0.4 is 5.32 Å². The lowest BCUT2D eigenvalue weighted by atomic mass is 10.1. The van der Waals surface area contributed by atoms with Crippen LogP contribution in [0.25, 0.3) is 0 Å². The average Bonchev–Trinajstić information content (AvgIpc) is 2.33. The zero-order valence-electron chi connectivity index (χ0n) is 11.7. The first-order valence-electron chi connectivity index (χ1n) is 6.42. The molecule has 0 aliphatic carbocycles. The number of rotatable bonds is 9. The number of urea groups is 1. The van der Waals surface area contributed by atoms with E-state index in [0.29, 0.717) is 0 Å². The molecule has 8 nitrogen and oxygen atoms in total. The van der Waals surface area contributed by atoms with Crippen molar-refractivity contribution in [2.75, 3.05) is 13.2 Å². The quantitative estimate of drug-likeness (QED) is 0.477. The first-order valence-corrected chi connectivity index (χ1v) is 6.42. The summed E-state index contributed by atoms with van der Waals surface area (Å²) in [7, 11) is 0. The van der Waals surface area contributed by atoms with Gasteiger partial charge in [-0.2, -0.15) is 0 Å². The molecule has 0 aromatic heterocycles. The van der Waals surface area contributed by atoms with Crippen LogP contribution in [0.5, 0.6) is 0 Å². The molecule has 0 spiro atoms. The van der Waals surface area contributed by atoms with E-state index in [-0.39, 0.29) is 38.5 Å². The Morgan fingerprint density at radius 3 is 2.20 bits per heavy atom. The highest BCUT2D eigenvalue weighted by molar-refractivity contribution is 5.82. The molecule has 0 aliphatic rings. The van der Waals surface area contributed by atoms with Gasteiger partial charge >= 0.3 is 18.0 Å². The lowest BCUT2D eigenvalue weighted by Crippen LogP contribution is -2.51. The van der Waals surface area contributed by atoms with Gasteiger partial charge in [-0.3, -0.25) is 4.79 Å². The van der Waals surface area contributed by atoms with Crippen LogP contribution in [0.2, 0.25) is 0 Å². The van der Waals surface area contributed by atoms with Gasteiger partial charge < -0.3 is 25.5 Å². The van der Waals surface area contributed by atoms with Crippen LogP contribution in [0.4, 0.5) is 4.79 Å². The van der Waals surface area contributed by atoms with Crippen LogP contribution in [0.15, 0.2) is 0 Å². The molecule has 116 valence electrons. The minimum Gasteiger partial charge on any atom is -0.481 e. The van der Waals surface area contributed by atoms with Gasteiger partial charge in [0.05, 0.1) is 6.61 Å². The third-order valence-electron chi connectivity index (χ3n) is 2.70. The largest absolute Gasteiger partial charge is 0.481 e. The normalized spacial score (nSPS) is 12.0. The van der Waals surface area contributed by atoms with Crippen LogP contribution in [0.3, 0.4) is 0 Å². The maximum absolute atomic E-state index is 11.9. The fraction of sp³-hybridized carbons (Fsp3) is 0.750. The predicted octanol–water partition coefficient (Wildman–Crippen LogP) is 0.107. The zero-order chi connectivity index (χ0) is 15.7. The van der Waals surface area contributed by atoms with Crippen LogP contribution in [0.1, 0.15) is 33.1 Å². The van der Waals surface area contributed by atoms with E-state index in [9.17, 15) is 14.4 Å². The molecule has 20 heavy (non-hydrogen) atoms. The maximum Gasteiger partial charge on any atom is 0.326 e. The standard InChI is InChI=1S/C12H22N2O6/c1-8(2)14(6-7-15)12(20)13-9(11(18)19)4-3-5-10(16)17/h8-9,15H,3-7H2,1-2H3,(H,13,20)(H,16,17)(H,18,19)/t9-/m1/s1. The molecule has 8 heteroatoms. The molecule has 0 heterocycles. The van der Waals surface area contributed by atoms with Crippen molar-refractivity contribution in [3.63, 3.8) is 0 Å². The summed E-state index contributed by atoms with van der Waals surface area (Å²) >= 11 is 0. The molecule has 4 N–H and O–H groups in total. The Hall–Kier alpha value is -1.83. The van der Waals surface area contributed by atoms with E-state index >= 15 is 0 Å². The van der Waals surface area contributed by atoms with Gasteiger partial charge in [0.2, 0.25) is 0 Å². The van der Waals surface area contributed by atoms with Crippen LogP contribution in [0, 0.1) is 0 Å². The second kappa shape index (κ2) is 9.13. The van der Waals surface area contributed by atoms with E-state index < -0.39 is 24.0 Å². The van der Waals surface area contributed by atoms with Gasteiger partial charge in [0.15, 0.2) is 0 Å². The molecule has 0 aromatic rings. The number of carboxylic acid groups (broad SMARTS) is 2. The molecule has 0 unspecified atom stereocenters. The number of aliphatic carboxylic acids is 2. The van der Waals surface area contributed by atoms with Crippen LogP contribution in [-0.2, 0) is 9.59 Å².